The van der Waals surface area contributed by atoms with E-state index in [1.165, 1.54) is 11.8 Å². The molecule has 1 aliphatic carbocycles. The number of piperidine rings is 1. The SMILES string of the molecule is C=S(=O)(c1cnc(-c2cc3cnc(Nc4ccc(C5CCNCC5)cc4)nc3n(C(C)C)c2=O)c(Cl)c1)C1CC1. The highest BCUT2D eigenvalue weighted by molar-refractivity contribution is 8.01. The van der Waals surface area contributed by atoms with Crippen molar-refractivity contribution >= 4 is 49.7 Å². The molecule has 1 saturated carbocycles. The summed E-state index contributed by atoms with van der Waals surface area (Å²) in [6.07, 6.45) is 7.33. The van der Waals surface area contributed by atoms with Gasteiger partial charge in [0.05, 0.1) is 21.2 Å². The van der Waals surface area contributed by atoms with Crippen LogP contribution in [0.1, 0.15) is 57.1 Å². The second-order valence-corrected chi connectivity index (χ2v) is 14.0. The molecule has 6 rings (SSSR count). The number of nitrogens with zero attached hydrogens (tertiary/aromatic N) is 4. The summed E-state index contributed by atoms with van der Waals surface area (Å²) in [6.45, 7) is 5.98. The standard InChI is InChI=1S/C30H33ClN6O2S/c1-18(2)37-28-21(14-25(29(37)38)27-26(31)15-24(17-33-27)40(3,39)23-8-9-23)16-34-30(36-28)35-22-6-4-19(5-7-22)20-10-12-32-13-11-20/h4-7,14-18,20,23,32H,3,8-13H2,1-2H3,(H,34,35,36). The molecule has 1 saturated heterocycles. The lowest BCUT2D eigenvalue weighted by Gasteiger charge is -2.23. The minimum atomic E-state index is -2.45. The summed E-state index contributed by atoms with van der Waals surface area (Å²) < 4.78 is 14.7. The van der Waals surface area contributed by atoms with Gasteiger partial charge >= 0.3 is 0 Å². The predicted octanol–water partition coefficient (Wildman–Crippen LogP) is 5.54. The van der Waals surface area contributed by atoms with Crippen LogP contribution in [-0.2, 0) is 9.52 Å². The predicted molar refractivity (Wildman–Crippen MR) is 164 cm³/mol. The van der Waals surface area contributed by atoms with E-state index in [1.54, 1.807) is 22.9 Å². The molecule has 2 fully saturated rings. The molecule has 0 spiro atoms. The average Bonchev–Trinajstić information content (AvgIpc) is 3.80. The van der Waals surface area contributed by atoms with Gasteiger partial charge in [0.2, 0.25) is 5.95 Å². The lowest BCUT2D eigenvalue weighted by atomic mass is 9.90. The van der Waals surface area contributed by atoms with E-state index < -0.39 is 9.52 Å². The maximum absolute atomic E-state index is 13.7. The molecule has 10 heteroatoms. The largest absolute Gasteiger partial charge is 0.324 e. The van der Waals surface area contributed by atoms with Crippen molar-refractivity contribution in [3.8, 4) is 11.3 Å². The van der Waals surface area contributed by atoms with Crippen molar-refractivity contribution in [2.24, 2.45) is 0 Å². The summed E-state index contributed by atoms with van der Waals surface area (Å²) >= 11 is 6.62. The molecule has 0 amide bonds. The Morgan fingerprint density at radius 1 is 1.07 bits per heavy atom. The second-order valence-electron chi connectivity index (χ2n) is 11.0. The first-order valence-electron chi connectivity index (χ1n) is 13.7. The summed E-state index contributed by atoms with van der Waals surface area (Å²) in [4.78, 5) is 28.0. The Bertz CT molecular complexity index is 1740. The minimum absolute atomic E-state index is 0.0717. The third-order valence-electron chi connectivity index (χ3n) is 7.80. The highest BCUT2D eigenvalue weighted by atomic mass is 35.5. The maximum atomic E-state index is 13.7. The van der Waals surface area contributed by atoms with Crippen molar-refractivity contribution in [3.63, 3.8) is 0 Å². The Labute approximate surface area is 239 Å². The first-order valence-corrected chi connectivity index (χ1v) is 15.9. The van der Waals surface area contributed by atoms with Gasteiger partial charge in [-0.3, -0.25) is 18.6 Å². The van der Waals surface area contributed by atoms with E-state index in [2.05, 4.69) is 38.6 Å². The molecule has 1 aromatic carbocycles. The van der Waals surface area contributed by atoms with Gasteiger partial charge in [0.1, 0.15) is 5.65 Å². The minimum Gasteiger partial charge on any atom is -0.324 e. The smallest absolute Gasteiger partial charge is 0.261 e. The molecule has 2 aliphatic rings. The number of hydrogen-bond acceptors (Lipinski definition) is 7. The second kappa shape index (κ2) is 10.6. The summed E-state index contributed by atoms with van der Waals surface area (Å²) in [6, 6.07) is 11.6. The number of hydrogen-bond donors (Lipinski definition) is 2. The Kier molecular flexibility index (Phi) is 7.14. The third kappa shape index (κ3) is 5.13. The van der Waals surface area contributed by atoms with Gasteiger partial charge in [-0.05, 0) is 94.2 Å². The molecule has 208 valence electrons. The number of benzene rings is 1. The van der Waals surface area contributed by atoms with Crippen LogP contribution in [0.15, 0.2) is 58.5 Å². The summed E-state index contributed by atoms with van der Waals surface area (Å²) in [5.41, 5.74) is 3.19. The maximum Gasteiger partial charge on any atom is 0.261 e. The van der Waals surface area contributed by atoms with E-state index in [0.29, 0.717) is 39.1 Å². The van der Waals surface area contributed by atoms with Crippen LogP contribution in [0, 0.1) is 0 Å². The Hall–Kier alpha value is -3.27. The van der Waals surface area contributed by atoms with Crippen LogP contribution < -0.4 is 16.2 Å². The number of fused-ring (bicyclic) bond motifs is 1. The van der Waals surface area contributed by atoms with Gasteiger partial charge in [0, 0.05) is 44.3 Å². The number of pyridine rings is 2. The Morgan fingerprint density at radius 3 is 2.45 bits per heavy atom. The van der Waals surface area contributed by atoms with E-state index in [4.69, 9.17) is 16.6 Å². The monoisotopic (exact) mass is 576 g/mol. The van der Waals surface area contributed by atoms with Crippen LogP contribution in [-0.4, -0.2) is 47.9 Å². The fourth-order valence-electron chi connectivity index (χ4n) is 5.40. The first-order chi connectivity index (χ1) is 19.2. The molecule has 40 heavy (non-hydrogen) atoms. The average molecular weight is 577 g/mol. The molecule has 0 bridgehead atoms. The number of aromatic nitrogens is 4. The lowest BCUT2D eigenvalue weighted by molar-refractivity contribution is 0.460. The normalized spacial score (nSPS) is 17.7. The van der Waals surface area contributed by atoms with E-state index in [-0.39, 0.29) is 21.9 Å². The van der Waals surface area contributed by atoms with Gasteiger partial charge in [-0.25, -0.2) is 4.98 Å². The molecular weight excluding hydrogens is 544 g/mol. The molecule has 1 atom stereocenters. The van der Waals surface area contributed by atoms with Crippen LogP contribution in [0.2, 0.25) is 5.02 Å². The fraction of sp³-hybridized carbons (Fsp3) is 0.367. The number of halogens is 1. The van der Waals surface area contributed by atoms with Crippen LogP contribution in [0.4, 0.5) is 11.6 Å². The highest BCUT2D eigenvalue weighted by Crippen LogP contribution is 2.36. The number of anilines is 2. The van der Waals surface area contributed by atoms with Gasteiger partial charge in [-0.15, -0.1) is 0 Å². The van der Waals surface area contributed by atoms with Gasteiger partial charge in [0.15, 0.2) is 0 Å². The highest BCUT2D eigenvalue weighted by Gasteiger charge is 2.32. The van der Waals surface area contributed by atoms with Crippen molar-refractivity contribution in [1.29, 1.82) is 0 Å². The van der Waals surface area contributed by atoms with E-state index in [9.17, 15) is 9.00 Å². The molecule has 0 radical (unpaired) electrons. The van der Waals surface area contributed by atoms with Crippen LogP contribution >= 0.6 is 11.6 Å². The molecule has 1 unspecified atom stereocenters. The van der Waals surface area contributed by atoms with Gasteiger partial charge < -0.3 is 10.6 Å². The topological polar surface area (TPSA) is 102 Å². The van der Waals surface area contributed by atoms with Crippen molar-refractivity contribution < 1.29 is 4.21 Å². The van der Waals surface area contributed by atoms with E-state index in [1.807, 2.05) is 26.0 Å². The summed E-state index contributed by atoms with van der Waals surface area (Å²) in [7, 11) is -2.45. The lowest BCUT2D eigenvalue weighted by Crippen LogP contribution is -2.26. The third-order valence-corrected chi connectivity index (χ3v) is 10.7. The van der Waals surface area contributed by atoms with Crippen molar-refractivity contribution in [2.45, 2.75) is 61.6 Å². The van der Waals surface area contributed by atoms with Crippen LogP contribution in [0.3, 0.4) is 0 Å². The first kappa shape index (κ1) is 26.9. The molecule has 4 aromatic rings. The van der Waals surface area contributed by atoms with Gasteiger partial charge in [-0.1, -0.05) is 23.7 Å². The van der Waals surface area contributed by atoms with E-state index >= 15 is 0 Å². The van der Waals surface area contributed by atoms with Gasteiger partial charge in [0.25, 0.3) is 5.56 Å². The van der Waals surface area contributed by atoms with E-state index in [0.717, 1.165) is 44.5 Å². The van der Waals surface area contributed by atoms with Gasteiger partial charge in [-0.2, -0.15) is 4.98 Å². The van der Waals surface area contributed by atoms with Crippen molar-refractivity contribution in [2.75, 3.05) is 18.4 Å². The molecule has 2 N–H and O–H groups in total. The molecule has 3 aromatic heterocycles. The molecular formula is C30H33ClN6O2S. The Balaban J connectivity index is 1.33. The molecule has 8 nitrogen and oxygen atoms in total. The summed E-state index contributed by atoms with van der Waals surface area (Å²) in [5.74, 6) is 4.94. The zero-order chi connectivity index (χ0) is 28.0. The van der Waals surface area contributed by atoms with Crippen LogP contribution in [0.25, 0.3) is 22.3 Å². The fourth-order valence-corrected chi connectivity index (χ4v) is 7.56. The molecule has 4 heterocycles. The van der Waals surface area contributed by atoms with Crippen molar-refractivity contribution in [1.82, 2.24) is 24.8 Å². The molecule has 1 aliphatic heterocycles. The zero-order valence-corrected chi connectivity index (χ0v) is 24.3. The number of rotatable bonds is 7. The Morgan fingerprint density at radius 2 is 1.80 bits per heavy atom. The summed E-state index contributed by atoms with van der Waals surface area (Å²) in [5, 5.41) is 7.73. The van der Waals surface area contributed by atoms with Crippen LogP contribution in [0.5, 0.6) is 0 Å². The number of nitrogens with one attached hydrogen (secondary N) is 2. The quantitative estimate of drug-likeness (QED) is 0.279. The van der Waals surface area contributed by atoms with Crippen molar-refractivity contribution in [3.05, 3.63) is 69.7 Å². The zero-order valence-electron chi connectivity index (χ0n) is 22.7.